The van der Waals surface area contributed by atoms with Crippen molar-refractivity contribution in [2.24, 2.45) is 0 Å². The summed E-state index contributed by atoms with van der Waals surface area (Å²) in [6.45, 7) is 1.26. The second kappa shape index (κ2) is 9.54. The maximum Gasteiger partial charge on any atom is 0.335 e. The predicted octanol–water partition coefficient (Wildman–Crippen LogP) is 0.942. The molecule has 0 radical (unpaired) electrons. The van der Waals surface area contributed by atoms with E-state index in [9.17, 15) is 14.7 Å². The fraction of sp³-hybridized carbons (Fsp3) is 0.667. The van der Waals surface area contributed by atoms with Crippen LogP contribution in [0.4, 0.5) is 0 Å². The van der Waals surface area contributed by atoms with Crippen molar-refractivity contribution in [3.05, 3.63) is 12.2 Å². The van der Waals surface area contributed by atoms with E-state index in [1.54, 1.807) is 0 Å². The number of ether oxygens (including phenoxy) is 3. The van der Waals surface area contributed by atoms with Crippen molar-refractivity contribution in [3.8, 4) is 0 Å². The van der Waals surface area contributed by atoms with E-state index in [2.05, 4.69) is 14.8 Å². The summed E-state index contributed by atoms with van der Waals surface area (Å²) < 4.78 is 11.9. The Balaban J connectivity index is 4.97. The van der Waals surface area contributed by atoms with Gasteiger partial charge >= 0.3 is 5.97 Å². The molecule has 7 nitrogen and oxygen atoms in total. The average Bonchev–Trinajstić information content (AvgIpc) is 2.43. The smallest absolute Gasteiger partial charge is 0.335 e. The maximum atomic E-state index is 11.8. The van der Waals surface area contributed by atoms with Gasteiger partial charge in [0.25, 0.3) is 9.70 Å². The Kier molecular flexibility index (Phi) is 9.30. The Morgan fingerprint density at radius 2 is 1.91 bits per heavy atom. The summed E-state index contributed by atoms with van der Waals surface area (Å²) in [6, 6.07) is 0. The van der Waals surface area contributed by atoms with Crippen LogP contribution in [-0.4, -0.2) is 60.0 Å². The lowest BCUT2D eigenvalue weighted by Gasteiger charge is -2.26. The lowest BCUT2D eigenvalue weighted by atomic mass is 10.0. The van der Waals surface area contributed by atoms with E-state index in [4.69, 9.17) is 39.5 Å². The highest BCUT2D eigenvalue weighted by molar-refractivity contribution is 6.76. The number of hydrogen-bond acceptors (Lipinski definition) is 6. The number of nitrogens with one attached hydrogen (secondary N) is 1. The first-order valence-electron chi connectivity index (χ1n) is 5.98. The predicted molar refractivity (Wildman–Crippen MR) is 81.8 cm³/mol. The van der Waals surface area contributed by atoms with Gasteiger partial charge in [-0.2, -0.15) is 0 Å². The number of esters is 1. The molecule has 2 atom stereocenters. The molecule has 0 heterocycles. The number of rotatable bonds is 8. The molecule has 0 bridgehead atoms. The molecule has 0 aliphatic heterocycles. The van der Waals surface area contributed by atoms with Crippen molar-refractivity contribution >= 4 is 46.7 Å². The second-order valence-corrected chi connectivity index (χ2v) is 6.63. The van der Waals surface area contributed by atoms with Gasteiger partial charge in [-0.25, -0.2) is 4.79 Å². The van der Waals surface area contributed by atoms with E-state index in [0.717, 1.165) is 7.11 Å². The lowest BCUT2D eigenvalue weighted by molar-refractivity contribution is -0.147. The molecule has 0 aromatic heterocycles. The van der Waals surface area contributed by atoms with Crippen LogP contribution in [0, 0.1) is 0 Å². The van der Waals surface area contributed by atoms with Gasteiger partial charge in [0.05, 0.1) is 19.8 Å². The van der Waals surface area contributed by atoms with Gasteiger partial charge in [0.15, 0.2) is 5.54 Å². The molecule has 1 amide bonds. The topological polar surface area (TPSA) is 94.1 Å². The number of aliphatic hydroxyl groups is 1. The highest BCUT2D eigenvalue weighted by Crippen LogP contribution is 2.27. The summed E-state index contributed by atoms with van der Waals surface area (Å²) >= 11 is 16.3. The zero-order chi connectivity index (χ0) is 17.4. The number of carbonyl (C=O) groups is 2. The summed E-state index contributed by atoms with van der Waals surface area (Å²) in [6.07, 6.45) is 1.42. The quantitative estimate of drug-likeness (QED) is 0.215. The molecule has 0 spiro atoms. The Bertz CT molecular complexity index is 412. The average molecular weight is 379 g/mol. The molecule has 0 aromatic carbocycles. The van der Waals surface area contributed by atoms with Crippen LogP contribution in [0.5, 0.6) is 0 Å². The summed E-state index contributed by atoms with van der Waals surface area (Å²) in [7, 11) is 2.57. The van der Waals surface area contributed by atoms with Gasteiger partial charge in [0.1, 0.15) is 6.79 Å². The zero-order valence-electron chi connectivity index (χ0n) is 12.3. The van der Waals surface area contributed by atoms with Gasteiger partial charge in [0.2, 0.25) is 0 Å². The lowest BCUT2D eigenvalue weighted by Crippen LogP contribution is -2.54. The van der Waals surface area contributed by atoms with Crippen molar-refractivity contribution in [3.63, 3.8) is 0 Å². The van der Waals surface area contributed by atoms with E-state index in [1.165, 1.54) is 26.2 Å². The number of halogens is 3. The second-order valence-electron chi connectivity index (χ2n) is 4.35. The van der Waals surface area contributed by atoms with Crippen molar-refractivity contribution in [2.75, 3.05) is 27.6 Å². The Hall–Kier alpha value is -0.570. The van der Waals surface area contributed by atoms with Gasteiger partial charge in [-0.3, -0.25) is 4.79 Å². The summed E-state index contributed by atoms with van der Waals surface area (Å²) in [5.74, 6) is -1.82. The van der Waals surface area contributed by atoms with Crippen LogP contribution in [0.15, 0.2) is 12.2 Å². The molecule has 128 valence electrons. The normalized spacial score (nSPS) is 16.1. The van der Waals surface area contributed by atoms with Crippen LogP contribution in [0.1, 0.15) is 6.92 Å². The number of aliphatic hydroxyl groups excluding tert-OH is 1. The van der Waals surface area contributed by atoms with Crippen LogP contribution >= 0.6 is 34.8 Å². The van der Waals surface area contributed by atoms with E-state index in [1.807, 2.05) is 0 Å². The van der Waals surface area contributed by atoms with Crippen molar-refractivity contribution < 1.29 is 28.9 Å². The highest BCUT2D eigenvalue weighted by atomic mass is 35.6. The molecule has 0 aromatic rings. The van der Waals surface area contributed by atoms with Crippen LogP contribution in [-0.2, 0) is 23.8 Å². The fourth-order valence-electron chi connectivity index (χ4n) is 1.29. The van der Waals surface area contributed by atoms with Gasteiger partial charge in [-0.15, -0.1) is 0 Å². The first-order valence-corrected chi connectivity index (χ1v) is 7.12. The first-order chi connectivity index (χ1) is 10.1. The van der Waals surface area contributed by atoms with Crippen LogP contribution in [0.3, 0.4) is 0 Å². The van der Waals surface area contributed by atoms with Gasteiger partial charge < -0.3 is 24.6 Å². The third-order valence-corrected chi connectivity index (χ3v) is 2.90. The number of methoxy groups -OCH3 is 2. The molecule has 0 fully saturated rings. The minimum atomic E-state index is -2.25. The molecule has 0 saturated carbocycles. The van der Waals surface area contributed by atoms with E-state index < -0.39 is 27.3 Å². The molecule has 0 rings (SSSR count). The van der Waals surface area contributed by atoms with Gasteiger partial charge in [-0.1, -0.05) is 40.9 Å². The molecular weight excluding hydrogens is 360 g/mol. The summed E-state index contributed by atoms with van der Waals surface area (Å²) in [5, 5.41) is 11.9. The van der Waals surface area contributed by atoms with Crippen LogP contribution < -0.4 is 5.32 Å². The fourth-order valence-corrected chi connectivity index (χ4v) is 1.43. The Morgan fingerprint density at radius 3 is 2.36 bits per heavy atom. The SMILES string of the molecule is COCOC[C@H](O)/C=C/[C@](C)(NC(=O)C(Cl)(Cl)Cl)C(=O)OC. The van der Waals surface area contributed by atoms with Gasteiger partial charge in [0, 0.05) is 7.11 Å². The van der Waals surface area contributed by atoms with Crippen LogP contribution in [0.2, 0.25) is 0 Å². The third-order valence-electron chi connectivity index (χ3n) is 2.38. The van der Waals surface area contributed by atoms with Crippen molar-refractivity contribution in [1.82, 2.24) is 5.32 Å². The third kappa shape index (κ3) is 7.62. The number of alkyl halides is 3. The molecule has 0 unspecified atom stereocenters. The number of amides is 1. The standard InChI is InChI=1S/C12H18Cl3NO6/c1-11(10(19)21-3,16-9(18)12(13,14)15)5-4-8(17)6-22-7-20-2/h4-5,8,17H,6-7H2,1-3H3,(H,16,18)/b5-4+/t8-,11+/m1/s1. The monoisotopic (exact) mass is 377 g/mol. The number of hydrogen-bond donors (Lipinski definition) is 2. The van der Waals surface area contributed by atoms with Gasteiger partial charge in [-0.05, 0) is 13.0 Å². The van der Waals surface area contributed by atoms with E-state index in [-0.39, 0.29) is 13.4 Å². The minimum absolute atomic E-state index is 0.00314. The molecule has 10 heteroatoms. The maximum absolute atomic E-state index is 11.8. The largest absolute Gasteiger partial charge is 0.467 e. The van der Waals surface area contributed by atoms with Crippen LogP contribution in [0.25, 0.3) is 0 Å². The number of carbonyl (C=O) groups excluding carboxylic acids is 2. The van der Waals surface area contributed by atoms with Crippen molar-refractivity contribution in [1.29, 1.82) is 0 Å². The summed E-state index contributed by atoms with van der Waals surface area (Å²) in [5.41, 5.74) is -1.63. The van der Waals surface area contributed by atoms with E-state index >= 15 is 0 Å². The molecule has 2 N–H and O–H groups in total. The van der Waals surface area contributed by atoms with Crippen molar-refractivity contribution in [2.45, 2.75) is 22.4 Å². The molecule has 22 heavy (non-hydrogen) atoms. The summed E-state index contributed by atoms with van der Waals surface area (Å²) in [4.78, 5) is 23.5. The Morgan fingerprint density at radius 1 is 1.32 bits per heavy atom. The highest BCUT2D eigenvalue weighted by Gasteiger charge is 2.40. The Labute approximate surface area is 143 Å². The minimum Gasteiger partial charge on any atom is -0.467 e. The van der Waals surface area contributed by atoms with E-state index in [0.29, 0.717) is 0 Å². The molecule has 0 aliphatic carbocycles. The first kappa shape index (κ1) is 21.4. The zero-order valence-corrected chi connectivity index (χ0v) is 14.5. The molecule has 0 aliphatic rings. The molecular formula is C12H18Cl3NO6. The molecule has 0 saturated heterocycles.